The van der Waals surface area contributed by atoms with E-state index in [-0.39, 0.29) is 11.9 Å². The summed E-state index contributed by atoms with van der Waals surface area (Å²) in [5, 5.41) is 2.76. The zero-order valence-electron chi connectivity index (χ0n) is 11.1. The number of hydrogen-bond acceptors (Lipinski definition) is 2. The van der Waals surface area contributed by atoms with Crippen LogP contribution in [-0.4, -0.2) is 18.0 Å². The molecule has 1 N–H and O–H groups in total. The Morgan fingerprint density at radius 2 is 1.81 bits per heavy atom. The number of anilines is 1. The molecule has 1 unspecified atom stereocenters. The lowest BCUT2D eigenvalue weighted by Gasteiger charge is -2.12. The van der Waals surface area contributed by atoms with Gasteiger partial charge in [0.1, 0.15) is 6.04 Å². The van der Waals surface area contributed by atoms with Gasteiger partial charge in [0, 0.05) is 9.99 Å². The van der Waals surface area contributed by atoms with Gasteiger partial charge in [-0.15, -0.1) is 0 Å². The predicted molar refractivity (Wildman–Crippen MR) is 89.1 cm³/mol. The van der Waals surface area contributed by atoms with E-state index >= 15 is 0 Å². The van der Waals surface area contributed by atoms with Gasteiger partial charge in [-0.2, -0.15) is 0 Å². The zero-order valence-corrected chi connectivity index (χ0v) is 13.3. The fourth-order valence-electron chi connectivity index (χ4n) is 2.39. The lowest BCUT2D eigenvalue weighted by molar-refractivity contribution is -0.118. The van der Waals surface area contributed by atoms with Crippen LogP contribution < -0.4 is 10.2 Å². The molecule has 2 aromatic carbocycles. The molecular weight excluding hydrogens is 379 g/mol. The normalized spacial score (nSPS) is 18.0. The first-order valence-electron chi connectivity index (χ1n) is 6.59. The molecule has 2 aromatic rings. The molecule has 1 fully saturated rings. The van der Waals surface area contributed by atoms with Gasteiger partial charge in [-0.1, -0.05) is 30.3 Å². The minimum atomic E-state index is -0.504. The van der Waals surface area contributed by atoms with Gasteiger partial charge in [-0.25, -0.2) is 9.69 Å². The van der Waals surface area contributed by atoms with Gasteiger partial charge in [-0.05, 0) is 52.4 Å². The number of rotatable bonds is 3. The fraction of sp³-hybridized carbons (Fsp3) is 0.125. The Hall–Kier alpha value is -1.89. The summed E-state index contributed by atoms with van der Waals surface area (Å²) in [5.41, 5.74) is 1.64. The summed E-state index contributed by atoms with van der Waals surface area (Å²) >= 11 is 2.23. The van der Waals surface area contributed by atoms with Gasteiger partial charge in [0.05, 0.1) is 5.69 Å². The largest absolute Gasteiger partial charge is 0.329 e. The average Bonchev–Trinajstić information content (AvgIpc) is 2.74. The van der Waals surface area contributed by atoms with Crippen LogP contribution in [0, 0.1) is 3.57 Å². The fourth-order valence-corrected chi connectivity index (χ4v) is 3.00. The summed E-state index contributed by atoms with van der Waals surface area (Å²) in [5.74, 6) is -0.204. The summed E-state index contributed by atoms with van der Waals surface area (Å²) in [4.78, 5) is 25.7. The van der Waals surface area contributed by atoms with E-state index in [4.69, 9.17) is 0 Å². The molecule has 3 amide bonds. The second kappa shape index (κ2) is 5.85. The average molecular weight is 392 g/mol. The third-order valence-corrected chi connectivity index (χ3v) is 4.03. The molecule has 21 heavy (non-hydrogen) atoms. The highest BCUT2D eigenvalue weighted by Crippen LogP contribution is 2.21. The van der Waals surface area contributed by atoms with Crippen molar-refractivity contribution >= 4 is 40.2 Å². The Morgan fingerprint density at radius 3 is 2.52 bits per heavy atom. The quantitative estimate of drug-likeness (QED) is 0.645. The molecule has 1 saturated heterocycles. The summed E-state index contributed by atoms with van der Waals surface area (Å²) in [6.07, 6.45) is 0.505. The van der Waals surface area contributed by atoms with E-state index in [0.29, 0.717) is 12.1 Å². The van der Waals surface area contributed by atoms with E-state index in [2.05, 4.69) is 27.9 Å². The summed E-state index contributed by atoms with van der Waals surface area (Å²) in [6.45, 7) is 0. The van der Waals surface area contributed by atoms with Gasteiger partial charge in [0.25, 0.3) is 5.91 Å². The molecule has 1 heterocycles. The standard InChI is InChI=1S/C16H13IN2O2/c17-12-6-4-5-11(9-12)10-14-15(20)19(16(21)18-14)13-7-2-1-3-8-13/h1-9,14H,10H2,(H,18,21). The van der Waals surface area contributed by atoms with Crippen LogP contribution in [-0.2, 0) is 11.2 Å². The number of imide groups is 1. The molecule has 0 radical (unpaired) electrons. The number of urea groups is 1. The highest BCUT2D eigenvalue weighted by atomic mass is 127. The molecule has 1 atom stereocenters. The van der Waals surface area contributed by atoms with Crippen LogP contribution in [0.4, 0.5) is 10.5 Å². The van der Waals surface area contributed by atoms with Gasteiger partial charge in [0.15, 0.2) is 0 Å². The lowest BCUT2D eigenvalue weighted by Crippen LogP contribution is -2.32. The number of nitrogens with zero attached hydrogens (tertiary/aromatic N) is 1. The number of para-hydroxylation sites is 1. The second-order valence-electron chi connectivity index (χ2n) is 4.85. The zero-order chi connectivity index (χ0) is 14.8. The van der Waals surface area contributed by atoms with E-state index in [9.17, 15) is 9.59 Å². The SMILES string of the molecule is O=C1NC(Cc2cccc(I)c2)C(=O)N1c1ccccc1. The molecule has 0 aromatic heterocycles. The molecule has 5 heteroatoms. The van der Waals surface area contributed by atoms with Crippen molar-refractivity contribution in [1.29, 1.82) is 0 Å². The highest BCUT2D eigenvalue weighted by molar-refractivity contribution is 14.1. The first-order chi connectivity index (χ1) is 10.1. The van der Waals surface area contributed by atoms with Crippen LogP contribution in [0.5, 0.6) is 0 Å². The van der Waals surface area contributed by atoms with Crippen LogP contribution in [0.3, 0.4) is 0 Å². The van der Waals surface area contributed by atoms with Gasteiger partial charge >= 0.3 is 6.03 Å². The molecular formula is C16H13IN2O2. The minimum absolute atomic E-state index is 0.204. The van der Waals surface area contributed by atoms with E-state index in [0.717, 1.165) is 9.13 Å². The summed E-state index contributed by atoms with van der Waals surface area (Å²) in [6, 6.07) is 16.0. The number of amides is 3. The third kappa shape index (κ3) is 2.92. The van der Waals surface area contributed by atoms with Crippen molar-refractivity contribution in [1.82, 2.24) is 5.32 Å². The Balaban J connectivity index is 1.81. The monoisotopic (exact) mass is 392 g/mol. The van der Waals surface area contributed by atoms with Crippen molar-refractivity contribution < 1.29 is 9.59 Å². The number of halogens is 1. The maximum atomic E-state index is 12.4. The molecule has 4 nitrogen and oxygen atoms in total. The number of hydrogen-bond donors (Lipinski definition) is 1. The van der Waals surface area contributed by atoms with Crippen LogP contribution >= 0.6 is 22.6 Å². The van der Waals surface area contributed by atoms with Crippen molar-refractivity contribution in [3.05, 3.63) is 63.7 Å². The van der Waals surface area contributed by atoms with Gasteiger partial charge in [0.2, 0.25) is 0 Å². The van der Waals surface area contributed by atoms with E-state index < -0.39 is 6.04 Å². The van der Waals surface area contributed by atoms with Gasteiger partial charge < -0.3 is 5.32 Å². The first kappa shape index (κ1) is 14.1. The minimum Gasteiger partial charge on any atom is -0.325 e. The smallest absolute Gasteiger partial charge is 0.325 e. The Bertz CT molecular complexity index is 688. The summed E-state index contributed by atoms with van der Waals surface area (Å²) < 4.78 is 1.11. The van der Waals surface area contributed by atoms with E-state index in [1.807, 2.05) is 42.5 Å². The number of carbonyl (C=O) groups is 2. The third-order valence-electron chi connectivity index (χ3n) is 3.36. The van der Waals surface area contributed by atoms with Crippen molar-refractivity contribution in [2.45, 2.75) is 12.5 Å². The molecule has 1 aliphatic heterocycles. The maximum Gasteiger partial charge on any atom is 0.329 e. The number of carbonyl (C=O) groups excluding carboxylic acids is 2. The Morgan fingerprint density at radius 1 is 1.05 bits per heavy atom. The van der Waals surface area contributed by atoms with Crippen molar-refractivity contribution in [2.24, 2.45) is 0 Å². The maximum absolute atomic E-state index is 12.4. The van der Waals surface area contributed by atoms with Crippen LogP contribution in [0.2, 0.25) is 0 Å². The van der Waals surface area contributed by atoms with E-state index in [1.54, 1.807) is 12.1 Å². The molecule has 3 rings (SSSR count). The number of nitrogens with one attached hydrogen (secondary N) is 1. The van der Waals surface area contributed by atoms with Crippen LogP contribution in [0.1, 0.15) is 5.56 Å². The topological polar surface area (TPSA) is 49.4 Å². The molecule has 1 aliphatic rings. The second-order valence-corrected chi connectivity index (χ2v) is 6.09. The van der Waals surface area contributed by atoms with Crippen LogP contribution in [0.25, 0.3) is 0 Å². The molecule has 0 saturated carbocycles. The van der Waals surface area contributed by atoms with Crippen molar-refractivity contribution in [2.75, 3.05) is 4.90 Å². The molecule has 0 bridgehead atoms. The Labute approximate surface area is 136 Å². The molecule has 0 aliphatic carbocycles. The highest BCUT2D eigenvalue weighted by Gasteiger charge is 2.38. The van der Waals surface area contributed by atoms with Gasteiger partial charge in [-0.3, -0.25) is 4.79 Å². The summed E-state index contributed by atoms with van der Waals surface area (Å²) in [7, 11) is 0. The predicted octanol–water partition coefficient (Wildman–Crippen LogP) is 2.96. The number of benzene rings is 2. The first-order valence-corrected chi connectivity index (χ1v) is 7.67. The van der Waals surface area contributed by atoms with E-state index in [1.165, 1.54) is 4.90 Å². The van der Waals surface area contributed by atoms with Crippen molar-refractivity contribution in [3.63, 3.8) is 0 Å². The van der Waals surface area contributed by atoms with Crippen LogP contribution in [0.15, 0.2) is 54.6 Å². The molecule has 106 valence electrons. The molecule has 0 spiro atoms. The van der Waals surface area contributed by atoms with Crippen molar-refractivity contribution in [3.8, 4) is 0 Å². The Kier molecular flexibility index (Phi) is 3.92. The lowest BCUT2D eigenvalue weighted by atomic mass is 10.1.